The van der Waals surface area contributed by atoms with Crippen LogP contribution in [0.1, 0.15) is 26.6 Å². The molecule has 0 aliphatic heterocycles. The van der Waals surface area contributed by atoms with E-state index in [9.17, 15) is 9.59 Å². The summed E-state index contributed by atoms with van der Waals surface area (Å²) in [6.07, 6.45) is 0. The zero-order chi connectivity index (χ0) is 16.4. The Morgan fingerprint density at radius 2 is 2.13 bits per heavy atom. The Labute approximate surface area is 134 Å². The van der Waals surface area contributed by atoms with Crippen molar-refractivity contribution in [2.24, 2.45) is 0 Å². The molecule has 0 aliphatic rings. The number of nitriles is 1. The molecule has 3 aromatic rings. The van der Waals surface area contributed by atoms with Crippen LogP contribution in [0.15, 0.2) is 35.1 Å². The van der Waals surface area contributed by atoms with Crippen LogP contribution in [0.4, 0.5) is 0 Å². The van der Waals surface area contributed by atoms with Gasteiger partial charge in [-0.1, -0.05) is 11.3 Å². The number of carbonyl (C=O) groups excluding carboxylic acids is 1. The van der Waals surface area contributed by atoms with Crippen LogP contribution in [0.2, 0.25) is 0 Å². The lowest BCUT2D eigenvalue weighted by Crippen LogP contribution is -2.14. The maximum Gasteiger partial charge on any atom is 0.338 e. The summed E-state index contributed by atoms with van der Waals surface area (Å²) in [5, 5.41) is 13.3. The molecular formula is C15H10N4O3S. The summed E-state index contributed by atoms with van der Waals surface area (Å²) in [6, 6.07) is 9.49. The summed E-state index contributed by atoms with van der Waals surface area (Å²) in [5.74, 6) is -0.523. The van der Waals surface area contributed by atoms with Gasteiger partial charge in [-0.3, -0.25) is 4.79 Å². The van der Waals surface area contributed by atoms with Crippen molar-refractivity contribution < 1.29 is 9.53 Å². The summed E-state index contributed by atoms with van der Waals surface area (Å²) < 4.78 is 6.35. The normalized spacial score (nSPS) is 10.4. The number of hydrogen-bond donors (Lipinski definition) is 0. The van der Waals surface area contributed by atoms with Crippen molar-refractivity contribution in [2.75, 3.05) is 0 Å². The highest BCUT2D eigenvalue weighted by atomic mass is 32.1. The highest BCUT2D eigenvalue weighted by Gasteiger charge is 2.11. The largest absolute Gasteiger partial charge is 0.455 e. The number of esters is 1. The fraction of sp³-hybridized carbons (Fsp3) is 0.133. The molecule has 0 saturated heterocycles. The lowest BCUT2D eigenvalue weighted by atomic mass is 10.1. The molecule has 3 rings (SSSR count). The van der Waals surface area contributed by atoms with Crippen LogP contribution in [-0.4, -0.2) is 20.6 Å². The van der Waals surface area contributed by atoms with E-state index in [1.807, 2.05) is 6.07 Å². The lowest BCUT2D eigenvalue weighted by molar-refractivity contribution is 0.0471. The average Bonchev–Trinajstić information content (AvgIpc) is 2.96. The van der Waals surface area contributed by atoms with Crippen molar-refractivity contribution in [3.8, 4) is 6.07 Å². The van der Waals surface area contributed by atoms with Crippen LogP contribution in [-0.2, 0) is 11.3 Å². The molecule has 1 aromatic carbocycles. The van der Waals surface area contributed by atoms with Crippen LogP contribution in [0.5, 0.6) is 0 Å². The Morgan fingerprint density at radius 3 is 2.83 bits per heavy atom. The molecule has 0 fully saturated rings. The number of hydrogen-bond acceptors (Lipinski definition) is 7. The number of rotatable bonds is 3. The molecular weight excluding hydrogens is 316 g/mol. The smallest absolute Gasteiger partial charge is 0.338 e. The SMILES string of the molecule is Cc1cc(=O)n2nc(COC(=O)c3ccc(C#N)cc3)sc2n1. The van der Waals surface area contributed by atoms with Gasteiger partial charge in [0.2, 0.25) is 4.96 Å². The third kappa shape index (κ3) is 3.09. The molecule has 0 bridgehead atoms. The molecule has 114 valence electrons. The quantitative estimate of drug-likeness (QED) is 0.679. The zero-order valence-corrected chi connectivity index (χ0v) is 12.8. The van der Waals surface area contributed by atoms with Crippen molar-refractivity contribution in [3.63, 3.8) is 0 Å². The predicted molar refractivity (Wildman–Crippen MR) is 82.1 cm³/mol. The maximum absolute atomic E-state index is 11.9. The first-order chi connectivity index (χ1) is 11.1. The van der Waals surface area contributed by atoms with Gasteiger partial charge in [0.1, 0.15) is 6.61 Å². The Balaban J connectivity index is 1.75. The van der Waals surface area contributed by atoms with Gasteiger partial charge < -0.3 is 4.74 Å². The molecule has 0 radical (unpaired) electrons. The molecule has 0 amide bonds. The van der Waals surface area contributed by atoms with E-state index in [2.05, 4.69) is 10.1 Å². The molecule has 0 saturated carbocycles. The van der Waals surface area contributed by atoms with Gasteiger partial charge in [0.15, 0.2) is 5.01 Å². The van der Waals surface area contributed by atoms with Gasteiger partial charge in [0.25, 0.3) is 5.56 Å². The molecule has 0 atom stereocenters. The van der Waals surface area contributed by atoms with E-state index in [4.69, 9.17) is 10.00 Å². The average molecular weight is 326 g/mol. The van der Waals surface area contributed by atoms with E-state index in [0.29, 0.717) is 26.8 Å². The van der Waals surface area contributed by atoms with Gasteiger partial charge in [-0.25, -0.2) is 9.78 Å². The van der Waals surface area contributed by atoms with E-state index in [1.54, 1.807) is 19.1 Å². The summed E-state index contributed by atoms with van der Waals surface area (Å²) in [7, 11) is 0. The molecule has 8 heteroatoms. The fourth-order valence-corrected chi connectivity index (χ4v) is 2.77. The minimum atomic E-state index is -0.523. The molecule has 0 unspecified atom stereocenters. The van der Waals surface area contributed by atoms with Crippen molar-refractivity contribution in [1.29, 1.82) is 5.26 Å². The second kappa shape index (κ2) is 5.98. The highest BCUT2D eigenvalue weighted by Crippen LogP contribution is 2.13. The number of fused-ring (bicyclic) bond motifs is 1. The van der Waals surface area contributed by atoms with E-state index in [0.717, 1.165) is 0 Å². The van der Waals surface area contributed by atoms with Gasteiger partial charge in [-0.05, 0) is 31.2 Å². The number of benzene rings is 1. The summed E-state index contributed by atoms with van der Waals surface area (Å²) >= 11 is 1.19. The second-order valence-electron chi connectivity index (χ2n) is 4.69. The summed E-state index contributed by atoms with van der Waals surface area (Å²) in [4.78, 5) is 28.4. The Morgan fingerprint density at radius 1 is 1.39 bits per heavy atom. The topological polar surface area (TPSA) is 97.4 Å². The number of aromatic nitrogens is 3. The summed E-state index contributed by atoms with van der Waals surface area (Å²) in [5.41, 5.74) is 1.15. The van der Waals surface area contributed by atoms with Crippen molar-refractivity contribution in [1.82, 2.24) is 14.6 Å². The number of carbonyl (C=O) groups is 1. The minimum absolute atomic E-state index is 0.0502. The van der Waals surface area contributed by atoms with Crippen LogP contribution in [0.25, 0.3) is 4.96 Å². The van der Waals surface area contributed by atoms with Crippen molar-refractivity contribution >= 4 is 22.3 Å². The third-order valence-corrected chi connectivity index (χ3v) is 3.87. The maximum atomic E-state index is 11.9. The first-order valence-corrected chi connectivity index (χ1v) is 7.42. The fourth-order valence-electron chi connectivity index (χ4n) is 1.91. The Hall–Kier alpha value is -3.05. The van der Waals surface area contributed by atoms with Crippen LogP contribution >= 0.6 is 11.3 Å². The van der Waals surface area contributed by atoms with Crippen molar-refractivity contribution in [3.05, 3.63) is 62.5 Å². The van der Waals surface area contributed by atoms with Gasteiger partial charge in [-0.2, -0.15) is 14.9 Å². The standard InChI is InChI=1S/C15H10N4O3S/c1-9-6-13(20)19-15(17-9)23-12(18-19)8-22-14(21)11-4-2-10(7-16)3-5-11/h2-6H,8H2,1H3. The second-order valence-corrected chi connectivity index (χ2v) is 5.73. The Kier molecular flexibility index (Phi) is 3.87. The molecule has 2 heterocycles. The van der Waals surface area contributed by atoms with E-state index in [-0.39, 0.29) is 12.2 Å². The minimum Gasteiger partial charge on any atom is -0.455 e. The van der Waals surface area contributed by atoms with E-state index >= 15 is 0 Å². The molecule has 0 N–H and O–H groups in total. The molecule has 0 aliphatic carbocycles. The van der Waals surface area contributed by atoms with Crippen LogP contribution in [0, 0.1) is 18.3 Å². The zero-order valence-electron chi connectivity index (χ0n) is 12.0. The first-order valence-electron chi connectivity index (χ1n) is 6.60. The molecule has 7 nitrogen and oxygen atoms in total. The van der Waals surface area contributed by atoms with Gasteiger partial charge in [0, 0.05) is 11.8 Å². The molecule has 0 spiro atoms. The van der Waals surface area contributed by atoms with Gasteiger partial charge in [-0.15, -0.1) is 0 Å². The van der Waals surface area contributed by atoms with Crippen LogP contribution < -0.4 is 5.56 Å². The summed E-state index contributed by atoms with van der Waals surface area (Å²) in [6.45, 7) is 1.68. The van der Waals surface area contributed by atoms with Crippen LogP contribution in [0.3, 0.4) is 0 Å². The molecule has 2 aromatic heterocycles. The lowest BCUT2D eigenvalue weighted by Gasteiger charge is -2.02. The number of aryl methyl sites for hydroxylation is 1. The first kappa shape index (κ1) is 14.9. The van der Waals surface area contributed by atoms with Gasteiger partial charge in [0.05, 0.1) is 17.2 Å². The third-order valence-electron chi connectivity index (χ3n) is 2.99. The highest BCUT2D eigenvalue weighted by molar-refractivity contribution is 7.16. The van der Waals surface area contributed by atoms with Crippen molar-refractivity contribution in [2.45, 2.75) is 13.5 Å². The number of ether oxygens (including phenoxy) is 1. The van der Waals surface area contributed by atoms with E-state index in [1.165, 1.54) is 34.1 Å². The van der Waals surface area contributed by atoms with E-state index < -0.39 is 5.97 Å². The molecule has 23 heavy (non-hydrogen) atoms. The monoisotopic (exact) mass is 326 g/mol. The Bertz CT molecular complexity index is 983. The van der Waals surface area contributed by atoms with Gasteiger partial charge >= 0.3 is 5.97 Å². The predicted octanol–water partition coefficient (Wildman–Crippen LogP) is 1.69. The number of nitrogens with zero attached hydrogens (tertiary/aromatic N) is 4.